The van der Waals surface area contributed by atoms with Gasteiger partial charge in [-0.15, -0.1) is 0 Å². The van der Waals surface area contributed by atoms with Gasteiger partial charge in [0.25, 0.3) is 10.2 Å². The maximum absolute atomic E-state index is 12.5. The number of nitrogens with one attached hydrogen (secondary N) is 1. The van der Waals surface area contributed by atoms with Gasteiger partial charge in [0, 0.05) is 26.7 Å². The minimum absolute atomic E-state index is 0.167. The van der Waals surface area contributed by atoms with Crippen molar-refractivity contribution >= 4 is 10.2 Å². The topological polar surface area (TPSA) is 52.7 Å². The van der Waals surface area contributed by atoms with Crippen LogP contribution in [0, 0.1) is 5.92 Å². The third kappa shape index (κ3) is 4.70. The van der Waals surface area contributed by atoms with Crippen molar-refractivity contribution < 1.29 is 8.42 Å². The smallest absolute Gasteiger partial charge is 0.281 e. The van der Waals surface area contributed by atoms with Crippen LogP contribution in [0.25, 0.3) is 0 Å². The summed E-state index contributed by atoms with van der Waals surface area (Å²) in [4.78, 5) is 0. The van der Waals surface area contributed by atoms with Crippen LogP contribution in [-0.2, 0) is 10.2 Å². The van der Waals surface area contributed by atoms with Crippen LogP contribution >= 0.6 is 0 Å². The van der Waals surface area contributed by atoms with Crippen molar-refractivity contribution in [1.29, 1.82) is 0 Å². The van der Waals surface area contributed by atoms with Gasteiger partial charge in [0.15, 0.2) is 0 Å². The van der Waals surface area contributed by atoms with Crippen LogP contribution in [0.2, 0.25) is 0 Å². The molecule has 6 heteroatoms. The third-order valence-electron chi connectivity index (χ3n) is 4.08. The van der Waals surface area contributed by atoms with Crippen LogP contribution in [-0.4, -0.2) is 57.3 Å². The monoisotopic (exact) mass is 291 g/mol. The molecular weight excluding hydrogens is 262 g/mol. The van der Waals surface area contributed by atoms with Gasteiger partial charge in [-0.05, 0) is 38.8 Å². The molecule has 1 aliphatic carbocycles. The van der Waals surface area contributed by atoms with Gasteiger partial charge >= 0.3 is 0 Å². The van der Waals surface area contributed by atoms with Crippen LogP contribution < -0.4 is 5.32 Å². The lowest BCUT2D eigenvalue weighted by atomic mass is 9.87. The maximum atomic E-state index is 12.5. The Bertz CT molecular complexity index is 359. The van der Waals surface area contributed by atoms with E-state index in [2.05, 4.69) is 12.2 Å². The summed E-state index contributed by atoms with van der Waals surface area (Å²) in [6.45, 7) is 3.61. The van der Waals surface area contributed by atoms with E-state index in [4.69, 9.17) is 0 Å². The van der Waals surface area contributed by atoms with Gasteiger partial charge in [0.1, 0.15) is 0 Å². The van der Waals surface area contributed by atoms with E-state index in [0.717, 1.165) is 32.2 Å². The van der Waals surface area contributed by atoms with Crippen LogP contribution in [0.4, 0.5) is 0 Å². The number of hydrogen-bond acceptors (Lipinski definition) is 3. The predicted octanol–water partition coefficient (Wildman–Crippen LogP) is 1.28. The first-order valence-electron chi connectivity index (χ1n) is 7.23. The summed E-state index contributed by atoms with van der Waals surface area (Å²) < 4.78 is 28.0. The molecule has 1 fully saturated rings. The van der Waals surface area contributed by atoms with Crippen molar-refractivity contribution in [1.82, 2.24) is 13.9 Å². The number of nitrogens with zero attached hydrogens (tertiary/aromatic N) is 2. The SMILES string of the molecule is CNCCCN(C)S(=O)(=O)N(C)C1CCCC(C)C1. The Morgan fingerprint density at radius 3 is 2.53 bits per heavy atom. The Kier molecular flexibility index (Phi) is 6.73. The van der Waals surface area contributed by atoms with E-state index in [1.807, 2.05) is 7.05 Å². The molecule has 0 aromatic carbocycles. The standard InChI is InChI=1S/C13H29N3O2S/c1-12-7-5-8-13(11-12)16(4)19(17,18)15(3)10-6-9-14-2/h12-14H,5-11H2,1-4H3. The summed E-state index contributed by atoms with van der Waals surface area (Å²) in [6.07, 6.45) is 5.17. The molecule has 0 bridgehead atoms. The molecule has 0 amide bonds. The molecule has 0 heterocycles. The van der Waals surface area contributed by atoms with E-state index in [1.54, 1.807) is 18.4 Å². The quantitative estimate of drug-likeness (QED) is 0.719. The molecule has 0 aliphatic heterocycles. The molecule has 2 unspecified atom stereocenters. The highest BCUT2D eigenvalue weighted by molar-refractivity contribution is 7.86. The summed E-state index contributed by atoms with van der Waals surface area (Å²) in [7, 11) is 1.98. The van der Waals surface area contributed by atoms with Crippen LogP contribution in [0.15, 0.2) is 0 Å². The fourth-order valence-corrected chi connectivity index (χ4v) is 4.10. The maximum Gasteiger partial charge on any atom is 0.281 e. The van der Waals surface area contributed by atoms with Gasteiger partial charge < -0.3 is 5.32 Å². The van der Waals surface area contributed by atoms with Crippen LogP contribution in [0.3, 0.4) is 0 Å². The average Bonchev–Trinajstić information content (AvgIpc) is 2.37. The molecule has 1 rings (SSSR count). The molecule has 5 nitrogen and oxygen atoms in total. The zero-order chi connectivity index (χ0) is 14.5. The van der Waals surface area contributed by atoms with Crippen molar-refractivity contribution in [3.63, 3.8) is 0 Å². The Morgan fingerprint density at radius 2 is 1.95 bits per heavy atom. The fourth-order valence-electron chi connectivity index (χ4n) is 2.73. The fraction of sp³-hybridized carbons (Fsp3) is 1.00. The lowest BCUT2D eigenvalue weighted by molar-refractivity contribution is 0.229. The summed E-state index contributed by atoms with van der Waals surface area (Å²) in [5.41, 5.74) is 0. The molecule has 0 aromatic rings. The molecule has 114 valence electrons. The highest BCUT2D eigenvalue weighted by Gasteiger charge is 2.32. The van der Waals surface area contributed by atoms with E-state index < -0.39 is 10.2 Å². The Morgan fingerprint density at radius 1 is 1.26 bits per heavy atom. The zero-order valence-corrected chi connectivity index (χ0v) is 13.5. The first-order valence-corrected chi connectivity index (χ1v) is 8.63. The van der Waals surface area contributed by atoms with Gasteiger partial charge in [-0.3, -0.25) is 0 Å². The Balaban J connectivity index is 2.59. The number of rotatable bonds is 7. The molecular formula is C13H29N3O2S. The second-order valence-electron chi connectivity index (χ2n) is 5.73. The first kappa shape index (κ1) is 16.9. The average molecular weight is 291 g/mol. The summed E-state index contributed by atoms with van der Waals surface area (Å²) >= 11 is 0. The van der Waals surface area contributed by atoms with Gasteiger partial charge in [0.05, 0.1) is 0 Å². The molecule has 0 spiro atoms. The minimum atomic E-state index is -3.30. The normalized spacial score (nSPS) is 25.2. The Labute approximate surface area is 118 Å². The van der Waals surface area contributed by atoms with Crippen molar-refractivity contribution in [2.45, 2.75) is 45.1 Å². The molecule has 19 heavy (non-hydrogen) atoms. The lowest BCUT2D eigenvalue weighted by Gasteiger charge is -2.35. The molecule has 1 aliphatic rings. The van der Waals surface area contributed by atoms with E-state index in [1.165, 1.54) is 10.7 Å². The molecule has 0 radical (unpaired) electrons. The van der Waals surface area contributed by atoms with Crippen molar-refractivity contribution in [2.75, 3.05) is 34.2 Å². The Hall–Kier alpha value is -0.170. The van der Waals surface area contributed by atoms with Gasteiger partial charge in [-0.2, -0.15) is 17.0 Å². The van der Waals surface area contributed by atoms with Gasteiger partial charge in [-0.25, -0.2) is 0 Å². The molecule has 2 atom stereocenters. The largest absolute Gasteiger partial charge is 0.320 e. The van der Waals surface area contributed by atoms with Gasteiger partial charge in [0.2, 0.25) is 0 Å². The van der Waals surface area contributed by atoms with E-state index in [9.17, 15) is 8.42 Å². The van der Waals surface area contributed by atoms with Crippen LogP contribution in [0.5, 0.6) is 0 Å². The van der Waals surface area contributed by atoms with Gasteiger partial charge in [-0.1, -0.05) is 19.8 Å². The third-order valence-corrected chi connectivity index (χ3v) is 6.08. The second-order valence-corrected chi connectivity index (χ2v) is 7.82. The van der Waals surface area contributed by atoms with Crippen molar-refractivity contribution in [3.8, 4) is 0 Å². The minimum Gasteiger partial charge on any atom is -0.320 e. The number of hydrogen-bond donors (Lipinski definition) is 1. The second kappa shape index (κ2) is 7.57. The van der Waals surface area contributed by atoms with Crippen molar-refractivity contribution in [3.05, 3.63) is 0 Å². The zero-order valence-electron chi connectivity index (χ0n) is 12.7. The highest BCUT2D eigenvalue weighted by atomic mass is 32.2. The van der Waals surface area contributed by atoms with Crippen molar-refractivity contribution in [2.24, 2.45) is 5.92 Å². The van der Waals surface area contributed by atoms with E-state index in [-0.39, 0.29) is 6.04 Å². The van der Waals surface area contributed by atoms with E-state index >= 15 is 0 Å². The first-order chi connectivity index (χ1) is 8.89. The molecule has 1 saturated carbocycles. The summed E-state index contributed by atoms with van der Waals surface area (Å²) in [5.74, 6) is 0.631. The molecule has 0 saturated heterocycles. The molecule has 0 aromatic heterocycles. The molecule has 1 N–H and O–H groups in total. The summed E-state index contributed by atoms with van der Waals surface area (Å²) in [5, 5.41) is 3.04. The predicted molar refractivity (Wildman–Crippen MR) is 79.3 cm³/mol. The lowest BCUT2D eigenvalue weighted by Crippen LogP contribution is -2.46. The highest BCUT2D eigenvalue weighted by Crippen LogP contribution is 2.28. The summed E-state index contributed by atoms with van der Waals surface area (Å²) in [6, 6.07) is 0.167. The van der Waals surface area contributed by atoms with E-state index in [0.29, 0.717) is 12.5 Å². The van der Waals surface area contributed by atoms with Crippen LogP contribution in [0.1, 0.15) is 39.0 Å².